The first-order valence-corrected chi connectivity index (χ1v) is 8.14. The summed E-state index contributed by atoms with van der Waals surface area (Å²) in [6.45, 7) is 2.65. The molecule has 0 amide bonds. The van der Waals surface area contributed by atoms with E-state index in [9.17, 15) is 13.2 Å². The summed E-state index contributed by atoms with van der Waals surface area (Å²) in [5, 5.41) is 3.26. The Morgan fingerprint density at radius 3 is 2.70 bits per heavy atom. The zero-order valence-electron chi connectivity index (χ0n) is 12.7. The lowest BCUT2D eigenvalue weighted by atomic mass is 10.1. The van der Waals surface area contributed by atoms with Gasteiger partial charge in [-0.1, -0.05) is 0 Å². The third kappa shape index (κ3) is 3.30. The monoisotopic (exact) mass is 327 g/mol. The number of morpholine rings is 1. The Labute approximate surface area is 133 Å². The number of rotatable bonds is 3. The normalized spacial score (nSPS) is 31.9. The standard InChI is InChI=1S/C16H20F3N3O/c17-16(18,19)11-3-4-15(20-6-11)21-12-5-13-9-23-14(10-1-2-10)8-22(13)7-12/h3-4,6,10,12-14H,1-2,5,7-9H2,(H,20,21)/t12-,13+,14-/m1/s1. The van der Waals surface area contributed by atoms with E-state index in [1.807, 2.05) is 0 Å². The SMILES string of the molecule is FC(F)(F)c1ccc(N[C@@H]2C[C@H]3CO[C@@H](C4CC4)CN3C2)nc1. The number of nitrogens with one attached hydrogen (secondary N) is 1. The predicted molar refractivity (Wildman–Crippen MR) is 79.1 cm³/mol. The van der Waals surface area contributed by atoms with Gasteiger partial charge < -0.3 is 10.1 Å². The molecule has 0 bridgehead atoms. The molecule has 4 rings (SSSR count). The van der Waals surface area contributed by atoms with Gasteiger partial charge in [-0.2, -0.15) is 13.2 Å². The van der Waals surface area contributed by atoms with Gasteiger partial charge in [-0.3, -0.25) is 4.90 Å². The second-order valence-corrected chi connectivity index (χ2v) is 6.82. The molecule has 0 aromatic carbocycles. The molecule has 1 aromatic heterocycles. The molecule has 3 aliphatic rings. The molecule has 2 aliphatic heterocycles. The Kier molecular flexibility index (Phi) is 3.72. The predicted octanol–water partition coefficient (Wildman–Crippen LogP) is 2.76. The molecule has 3 atom stereocenters. The smallest absolute Gasteiger partial charge is 0.375 e. The van der Waals surface area contributed by atoms with E-state index >= 15 is 0 Å². The van der Waals surface area contributed by atoms with Gasteiger partial charge in [0.2, 0.25) is 0 Å². The van der Waals surface area contributed by atoms with Crippen molar-refractivity contribution in [3.05, 3.63) is 23.9 Å². The van der Waals surface area contributed by atoms with Gasteiger partial charge in [-0.05, 0) is 37.3 Å². The molecule has 0 radical (unpaired) electrons. The molecule has 3 fully saturated rings. The number of pyridine rings is 1. The Bertz CT molecular complexity index is 559. The Balaban J connectivity index is 1.35. The van der Waals surface area contributed by atoms with E-state index in [4.69, 9.17) is 4.74 Å². The molecule has 0 spiro atoms. The van der Waals surface area contributed by atoms with E-state index in [1.165, 1.54) is 18.9 Å². The maximum atomic E-state index is 12.6. The van der Waals surface area contributed by atoms with Crippen molar-refractivity contribution < 1.29 is 17.9 Å². The summed E-state index contributed by atoms with van der Waals surface area (Å²) in [7, 11) is 0. The van der Waals surface area contributed by atoms with E-state index in [-0.39, 0.29) is 6.04 Å². The quantitative estimate of drug-likeness (QED) is 0.926. The van der Waals surface area contributed by atoms with Crippen LogP contribution in [0.5, 0.6) is 0 Å². The van der Waals surface area contributed by atoms with E-state index in [2.05, 4.69) is 15.2 Å². The first-order chi connectivity index (χ1) is 11.0. The highest BCUT2D eigenvalue weighted by Gasteiger charge is 2.42. The molecule has 2 saturated heterocycles. The molecular formula is C16H20F3N3O. The number of aromatic nitrogens is 1. The minimum atomic E-state index is -4.34. The van der Waals surface area contributed by atoms with Crippen molar-refractivity contribution in [1.29, 1.82) is 0 Å². The Hall–Kier alpha value is -1.34. The number of halogens is 3. The number of hydrogen-bond donors (Lipinski definition) is 1. The van der Waals surface area contributed by atoms with Gasteiger partial charge in [0.1, 0.15) is 5.82 Å². The highest BCUT2D eigenvalue weighted by atomic mass is 19.4. The fourth-order valence-corrected chi connectivity index (χ4v) is 3.61. The zero-order chi connectivity index (χ0) is 16.0. The van der Waals surface area contributed by atoms with Gasteiger partial charge >= 0.3 is 6.18 Å². The number of hydrogen-bond acceptors (Lipinski definition) is 4. The second kappa shape index (κ2) is 5.63. The summed E-state index contributed by atoms with van der Waals surface area (Å²) >= 11 is 0. The molecule has 1 saturated carbocycles. The van der Waals surface area contributed by atoms with E-state index in [0.717, 1.165) is 44.3 Å². The van der Waals surface area contributed by atoms with Crippen LogP contribution in [0.1, 0.15) is 24.8 Å². The third-order valence-electron chi connectivity index (χ3n) is 5.04. The molecule has 4 nitrogen and oxygen atoms in total. The number of fused-ring (bicyclic) bond motifs is 1. The minimum absolute atomic E-state index is 0.214. The summed E-state index contributed by atoms with van der Waals surface area (Å²) in [5.74, 6) is 1.24. The number of nitrogens with zero attached hydrogens (tertiary/aromatic N) is 2. The average molecular weight is 327 g/mol. The number of alkyl halides is 3. The summed E-state index contributed by atoms with van der Waals surface area (Å²) < 4.78 is 43.6. The Morgan fingerprint density at radius 1 is 1.22 bits per heavy atom. The summed E-state index contributed by atoms with van der Waals surface area (Å²) in [4.78, 5) is 6.35. The van der Waals surface area contributed by atoms with Gasteiger partial charge in [-0.25, -0.2) is 4.98 Å². The molecule has 3 heterocycles. The fraction of sp³-hybridized carbons (Fsp3) is 0.688. The molecular weight excluding hydrogens is 307 g/mol. The lowest BCUT2D eigenvalue weighted by molar-refractivity contribution is -0.137. The van der Waals surface area contributed by atoms with Crippen molar-refractivity contribution in [1.82, 2.24) is 9.88 Å². The van der Waals surface area contributed by atoms with Gasteiger partial charge in [0.25, 0.3) is 0 Å². The van der Waals surface area contributed by atoms with Gasteiger partial charge in [-0.15, -0.1) is 0 Å². The van der Waals surface area contributed by atoms with Gasteiger partial charge in [0.15, 0.2) is 0 Å². The summed E-state index contributed by atoms with van der Waals surface area (Å²) in [6, 6.07) is 3.11. The van der Waals surface area contributed by atoms with Crippen LogP contribution in [0.2, 0.25) is 0 Å². The van der Waals surface area contributed by atoms with Crippen LogP contribution in [-0.4, -0.2) is 47.8 Å². The van der Waals surface area contributed by atoms with Crippen molar-refractivity contribution in [3.63, 3.8) is 0 Å². The molecule has 1 aliphatic carbocycles. The minimum Gasteiger partial charge on any atom is -0.375 e. The van der Waals surface area contributed by atoms with Gasteiger partial charge in [0, 0.05) is 31.4 Å². The van der Waals surface area contributed by atoms with Crippen molar-refractivity contribution in [3.8, 4) is 0 Å². The van der Waals surface area contributed by atoms with Crippen LogP contribution in [0.15, 0.2) is 18.3 Å². The second-order valence-electron chi connectivity index (χ2n) is 6.82. The topological polar surface area (TPSA) is 37.4 Å². The third-order valence-corrected chi connectivity index (χ3v) is 5.04. The average Bonchev–Trinajstić information content (AvgIpc) is 3.27. The van der Waals surface area contributed by atoms with Crippen molar-refractivity contribution >= 4 is 5.82 Å². The highest BCUT2D eigenvalue weighted by Crippen LogP contribution is 2.38. The van der Waals surface area contributed by atoms with E-state index < -0.39 is 11.7 Å². The van der Waals surface area contributed by atoms with Crippen LogP contribution >= 0.6 is 0 Å². The van der Waals surface area contributed by atoms with Crippen LogP contribution in [0, 0.1) is 5.92 Å². The largest absolute Gasteiger partial charge is 0.417 e. The Morgan fingerprint density at radius 2 is 2.04 bits per heavy atom. The van der Waals surface area contributed by atoms with Gasteiger partial charge in [0.05, 0.1) is 18.3 Å². The maximum Gasteiger partial charge on any atom is 0.417 e. The molecule has 1 aromatic rings. The van der Waals surface area contributed by atoms with E-state index in [1.54, 1.807) is 0 Å². The first-order valence-electron chi connectivity index (χ1n) is 8.14. The van der Waals surface area contributed by atoms with Crippen LogP contribution < -0.4 is 5.32 Å². The fourth-order valence-electron chi connectivity index (χ4n) is 3.61. The summed E-state index contributed by atoms with van der Waals surface area (Å²) in [5.41, 5.74) is -0.715. The maximum absolute atomic E-state index is 12.6. The lowest BCUT2D eigenvalue weighted by Gasteiger charge is -2.35. The van der Waals surface area contributed by atoms with Crippen molar-refractivity contribution in [2.45, 2.75) is 43.6 Å². The van der Waals surface area contributed by atoms with Crippen LogP contribution in [0.25, 0.3) is 0 Å². The van der Waals surface area contributed by atoms with Crippen molar-refractivity contribution in [2.24, 2.45) is 5.92 Å². The number of ether oxygens (including phenoxy) is 1. The van der Waals surface area contributed by atoms with Crippen molar-refractivity contribution in [2.75, 3.05) is 25.0 Å². The molecule has 126 valence electrons. The van der Waals surface area contributed by atoms with E-state index in [0.29, 0.717) is 18.0 Å². The van der Waals surface area contributed by atoms with Crippen LogP contribution in [0.3, 0.4) is 0 Å². The summed E-state index contributed by atoms with van der Waals surface area (Å²) in [6.07, 6.45) is 0.418. The lowest BCUT2D eigenvalue weighted by Crippen LogP contribution is -2.47. The van der Waals surface area contributed by atoms with Crippen LogP contribution in [0.4, 0.5) is 19.0 Å². The molecule has 7 heteroatoms. The first kappa shape index (κ1) is 15.2. The molecule has 1 N–H and O–H groups in total. The highest BCUT2D eigenvalue weighted by molar-refractivity contribution is 5.37. The molecule has 23 heavy (non-hydrogen) atoms. The molecule has 0 unspecified atom stereocenters. The number of anilines is 1. The zero-order valence-corrected chi connectivity index (χ0v) is 12.7. The van der Waals surface area contributed by atoms with Crippen LogP contribution in [-0.2, 0) is 10.9 Å².